The molecule has 0 saturated carbocycles. The molecule has 0 aliphatic carbocycles. The Morgan fingerprint density at radius 2 is 1.89 bits per heavy atom. The average molecular weight is 272 g/mol. The second-order valence-electron chi connectivity index (χ2n) is 7.14. The van der Waals surface area contributed by atoms with Gasteiger partial charge in [-0.05, 0) is 53.9 Å². The highest BCUT2D eigenvalue weighted by molar-refractivity contribution is 5.68. The first-order chi connectivity index (χ1) is 8.48. The number of amides is 1. The van der Waals surface area contributed by atoms with Crippen molar-refractivity contribution in [2.45, 2.75) is 77.2 Å². The minimum atomic E-state index is -0.799. The summed E-state index contributed by atoms with van der Waals surface area (Å²) in [7, 11) is 0. The third kappa shape index (κ3) is 5.78. The second kappa shape index (κ2) is 5.67. The van der Waals surface area contributed by atoms with Crippen molar-refractivity contribution < 1.29 is 14.6 Å². The van der Waals surface area contributed by atoms with Crippen LogP contribution < -0.4 is 5.73 Å². The van der Waals surface area contributed by atoms with E-state index in [-0.39, 0.29) is 18.2 Å². The van der Waals surface area contributed by atoms with Crippen molar-refractivity contribution in [2.24, 2.45) is 5.73 Å². The Hall–Kier alpha value is -0.810. The number of rotatable bonds is 2. The highest BCUT2D eigenvalue weighted by Crippen LogP contribution is 2.26. The fourth-order valence-corrected chi connectivity index (χ4v) is 2.39. The summed E-state index contributed by atoms with van der Waals surface area (Å²) in [6.07, 6.45) is 1.89. The number of carbonyl (C=O) groups is 1. The molecular formula is C14H28N2O3. The molecule has 0 unspecified atom stereocenters. The van der Waals surface area contributed by atoms with Crippen LogP contribution in [0.4, 0.5) is 4.79 Å². The Kier molecular flexibility index (Phi) is 4.85. The van der Waals surface area contributed by atoms with Crippen LogP contribution in [0.5, 0.6) is 0 Å². The molecule has 0 radical (unpaired) electrons. The Morgan fingerprint density at radius 3 is 2.37 bits per heavy atom. The third-order valence-corrected chi connectivity index (χ3v) is 3.11. The Morgan fingerprint density at radius 1 is 1.32 bits per heavy atom. The van der Waals surface area contributed by atoms with E-state index in [2.05, 4.69) is 0 Å². The topological polar surface area (TPSA) is 75.8 Å². The van der Waals surface area contributed by atoms with Gasteiger partial charge in [0.15, 0.2) is 0 Å². The molecule has 0 bridgehead atoms. The quantitative estimate of drug-likeness (QED) is 0.804. The maximum Gasteiger partial charge on any atom is 0.410 e. The van der Waals surface area contributed by atoms with Crippen LogP contribution in [-0.4, -0.2) is 45.9 Å². The number of hydrogen-bond acceptors (Lipinski definition) is 4. The summed E-state index contributed by atoms with van der Waals surface area (Å²) in [4.78, 5) is 13.9. The fourth-order valence-electron chi connectivity index (χ4n) is 2.39. The van der Waals surface area contributed by atoms with E-state index in [1.54, 1.807) is 18.7 Å². The molecule has 5 heteroatoms. The predicted octanol–water partition coefficient (Wildman–Crippen LogP) is 1.87. The highest BCUT2D eigenvalue weighted by atomic mass is 16.6. The molecule has 1 aliphatic heterocycles. The summed E-state index contributed by atoms with van der Waals surface area (Å²) in [5, 5.41) is 9.96. The van der Waals surface area contributed by atoms with Crippen LogP contribution in [0.1, 0.15) is 53.9 Å². The minimum Gasteiger partial charge on any atom is -0.444 e. The van der Waals surface area contributed by atoms with E-state index >= 15 is 0 Å². The summed E-state index contributed by atoms with van der Waals surface area (Å²) >= 11 is 0. The molecule has 112 valence electrons. The van der Waals surface area contributed by atoms with Crippen molar-refractivity contribution in [3.8, 4) is 0 Å². The lowest BCUT2D eigenvalue weighted by molar-refractivity contribution is -0.0121. The maximum atomic E-state index is 12.2. The van der Waals surface area contributed by atoms with E-state index in [1.165, 1.54) is 0 Å². The SMILES string of the molecule is CC(C)(O)C[C@@H]1CC[C@H](N)CN1C(=O)OC(C)(C)C. The van der Waals surface area contributed by atoms with Gasteiger partial charge in [0.05, 0.1) is 5.60 Å². The van der Waals surface area contributed by atoms with Crippen molar-refractivity contribution in [3.05, 3.63) is 0 Å². The van der Waals surface area contributed by atoms with Crippen molar-refractivity contribution in [3.63, 3.8) is 0 Å². The summed E-state index contributed by atoms with van der Waals surface area (Å²) in [6, 6.07) is -0.0137. The van der Waals surface area contributed by atoms with Crippen LogP contribution in [0.15, 0.2) is 0 Å². The third-order valence-electron chi connectivity index (χ3n) is 3.11. The number of ether oxygens (including phenoxy) is 1. The molecule has 1 heterocycles. The lowest BCUT2D eigenvalue weighted by atomic mass is 9.90. The van der Waals surface area contributed by atoms with Gasteiger partial charge in [-0.3, -0.25) is 0 Å². The van der Waals surface area contributed by atoms with E-state index in [9.17, 15) is 9.90 Å². The summed E-state index contributed by atoms with van der Waals surface area (Å²) < 4.78 is 5.42. The Bertz CT molecular complexity index is 318. The van der Waals surface area contributed by atoms with Crippen LogP contribution in [0.25, 0.3) is 0 Å². The van der Waals surface area contributed by atoms with Crippen molar-refractivity contribution in [2.75, 3.05) is 6.54 Å². The van der Waals surface area contributed by atoms with Crippen LogP contribution in [-0.2, 0) is 4.74 Å². The zero-order valence-electron chi connectivity index (χ0n) is 12.8. The van der Waals surface area contributed by atoms with Crippen LogP contribution in [0.3, 0.4) is 0 Å². The molecule has 19 heavy (non-hydrogen) atoms. The molecular weight excluding hydrogens is 244 g/mol. The smallest absolute Gasteiger partial charge is 0.410 e. The van der Waals surface area contributed by atoms with Gasteiger partial charge in [-0.1, -0.05) is 0 Å². The van der Waals surface area contributed by atoms with Crippen LogP contribution in [0.2, 0.25) is 0 Å². The molecule has 1 fully saturated rings. The zero-order chi connectivity index (χ0) is 14.8. The summed E-state index contributed by atoms with van der Waals surface area (Å²) in [6.45, 7) is 9.55. The first kappa shape index (κ1) is 16.2. The van der Waals surface area contributed by atoms with Crippen molar-refractivity contribution in [1.82, 2.24) is 4.90 Å². The number of likely N-dealkylation sites (tertiary alicyclic amines) is 1. The number of carbonyl (C=O) groups excluding carboxylic acids is 1. The molecule has 0 spiro atoms. The van der Waals surface area contributed by atoms with Crippen molar-refractivity contribution >= 4 is 6.09 Å². The average Bonchev–Trinajstić information content (AvgIpc) is 2.16. The molecule has 0 aromatic carbocycles. The van der Waals surface area contributed by atoms with Crippen molar-refractivity contribution in [1.29, 1.82) is 0 Å². The molecule has 5 nitrogen and oxygen atoms in total. The largest absolute Gasteiger partial charge is 0.444 e. The van der Waals surface area contributed by atoms with Crippen LogP contribution >= 0.6 is 0 Å². The molecule has 2 atom stereocenters. The van der Waals surface area contributed by atoms with Gasteiger partial charge in [0.1, 0.15) is 5.60 Å². The highest BCUT2D eigenvalue weighted by Gasteiger charge is 2.35. The summed E-state index contributed by atoms with van der Waals surface area (Å²) in [5.74, 6) is 0. The molecule has 1 amide bonds. The standard InChI is InChI=1S/C14H28N2O3/c1-13(2,3)19-12(17)16-9-10(15)6-7-11(16)8-14(4,5)18/h10-11,18H,6-9,15H2,1-5H3/t10-,11-/m0/s1. The van der Waals surface area contributed by atoms with Gasteiger partial charge in [-0.25, -0.2) is 4.79 Å². The molecule has 1 saturated heterocycles. The lowest BCUT2D eigenvalue weighted by Crippen LogP contribution is -2.54. The maximum absolute atomic E-state index is 12.2. The van der Waals surface area contributed by atoms with Gasteiger partial charge in [0.25, 0.3) is 0 Å². The molecule has 0 aromatic rings. The van der Waals surface area contributed by atoms with E-state index < -0.39 is 11.2 Å². The first-order valence-electron chi connectivity index (χ1n) is 6.95. The second-order valence-corrected chi connectivity index (χ2v) is 7.14. The molecule has 0 aromatic heterocycles. The summed E-state index contributed by atoms with van der Waals surface area (Å²) in [5.41, 5.74) is 4.63. The van der Waals surface area contributed by atoms with Gasteiger partial charge in [0.2, 0.25) is 0 Å². The molecule has 3 N–H and O–H groups in total. The number of piperidine rings is 1. The van der Waals surface area contributed by atoms with E-state index in [4.69, 9.17) is 10.5 Å². The van der Waals surface area contributed by atoms with Gasteiger partial charge < -0.3 is 20.5 Å². The molecule has 1 rings (SSSR count). The monoisotopic (exact) mass is 272 g/mol. The molecule has 1 aliphatic rings. The Labute approximate surface area is 116 Å². The number of hydrogen-bond donors (Lipinski definition) is 2. The minimum absolute atomic E-state index is 0.00495. The van der Waals surface area contributed by atoms with Gasteiger partial charge >= 0.3 is 6.09 Å². The number of nitrogens with two attached hydrogens (primary N) is 1. The fraction of sp³-hybridized carbons (Fsp3) is 0.929. The Balaban J connectivity index is 2.75. The van der Waals surface area contributed by atoms with Crippen LogP contribution in [0, 0.1) is 0 Å². The number of aliphatic hydroxyl groups is 1. The van der Waals surface area contributed by atoms with E-state index in [0.29, 0.717) is 13.0 Å². The number of nitrogens with zero attached hydrogens (tertiary/aromatic N) is 1. The normalized spacial score (nSPS) is 25.3. The zero-order valence-corrected chi connectivity index (χ0v) is 12.8. The van der Waals surface area contributed by atoms with E-state index in [0.717, 1.165) is 12.8 Å². The lowest BCUT2D eigenvalue weighted by Gasteiger charge is -2.41. The van der Waals surface area contributed by atoms with Gasteiger partial charge in [-0.15, -0.1) is 0 Å². The predicted molar refractivity (Wildman–Crippen MR) is 74.9 cm³/mol. The first-order valence-corrected chi connectivity index (χ1v) is 6.95. The van der Waals surface area contributed by atoms with Gasteiger partial charge in [-0.2, -0.15) is 0 Å². The van der Waals surface area contributed by atoms with Gasteiger partial charge in [0, 0.05) is 18.6 Å². The van der Waals surface area contributed by atoms with E-state index in [1.807, 2.05) is 20.8 Å².